The topological polar surface area (TPSA) is 56.7 Å². The standard InChI is InChI=1S/C21H29N3O/c1-3-22-21(23-15-17(2)19-12-8-5-9-13-19)24-16-20(25)14-18-10-6-4-7-11-18/h4-13,17,20,25H,3,14-16H2,1-2H3,(H2,22,23,24). The van der Waals surface area contributed by atoms with Crippen LogP contribution in [0.4, 0.5) is 0 Å². The second-order valence-electron chi connectivity index (χ2n) is 6.26. The molecular formula is C21H29N3O. The fraction of sp³-hybridized carbons (Fsp3) is 0.381. The van der Waals surface area contributed by atoms with E-state index in [4.69, 9.17) is 0 Å². The van der Waals surface area contributed by atoms with Gasteiger partial charge in [0, 0.05) is 19.5 Å². The van der Waals surface area contributed by atoms with Crippen LogP contribution in [-0.4, -0.2) is 36.8 Å². The number of aliphatic imine (C=N–C) groups is 1. The summed E-state index contributed by atoms with van der Waals surface area (Å²) in [5.41, 5.74) is 2.43. The molecule has 0 fully saturated rings. The highest BCUT2D eigenvalue weighted by Gasteiger charge is 2.08. The van der Waals surface area contributed by atoms with Crippen molar-refractivity contribution >= 4 is 5.96 Å². The summed E-state index contributed by atoms with van der Waals surface area (Å²) in [6.07, 6.45) is 0.133. The molecule has 134 valence electrons. The lowest BCUT2D eigenvalue weighted by atomic mass is 10.0. The largest absolute Gasteiger partial charge is 0.391 e. The molecule has 0 spiro atoms. The van der Waals surface area contributed by atoms with Crippen LogP contribution in [0.25, 0.3) is 0 Å². The maximum Gasteiger partial charge on any atom is 0.191 e. The lowest BCUT2D eigenvalue weighted by molar-refractivity contribution is 0.183. The molecule has 0 aromatic heterocycles. The first-order valence-corrected chi connectivity index (χ1v) is 8.98. The van der Waals surface area contributed by atoms with Crippen molar-refractivity contribution in [2.75, 3.05) is 19.6 Å². The summed E-state index contributed by atoms with van der Waals surface area (Å²) in [4.78, 5) is 4.52. The average Bonchev–Trinajstić information content (AvgIpc) is 2.65. The van der Waals surface area contributed by atoms with E-state index in [-0.39, 0.29) is 0 Å². The number of benzene rings is 2. The summed E-state index contributed by atoms with van der Waals surface area (Å²) in [6, 6.07) is 20.4. The van der Waals surface area contributed by atoms with E-state index in [0.29, 0.717) is 18.9 Å². The summed E-state index contributed by atoms with van der Waals surface area (Å²) < 4.78 is 0. The summed E-state index contributed by atoms with van der Waals surface area (Å²) in [6.45, 7) is 6.20. The van der Waals surface area contributed by atoms with Crippen molar-refractivity contribution in [2.45, 2.75) is 32.3 Å². The lowest BCUT2D eigenvalue weighted by Gasteiger charge is -2.17. The summed E-state index contributed by atoms with van der Waals surface area (Å²) in [5, 5.41) is 16.8. The van der Waals surface area contributed by atoms with E-state index in [9.17, 15) is 5.11 Å². The number of aliphatic hydroxyl groups is 1. The smallest absolute Gasteiger partial charge is 0.191 e. The Labute approximate surface area is 151 Å². The van der Waals surface area contributed by atoms with Gasteiger partial charge in [0.2, 0.25) is 0 Å². The Morgan fingerprint density at radius 1 is 1.00 bits per heavy atom. The molecule has 2 unspecified atom stereocenters. The third kappa shape index (κ3) is 6.98. The molecule has 0 aliphatic rings. The number of nitrogens with one attached hydrogen (secondary N) is 2. The van der Waals surface area contributed by atoms with Gasteiger partial charge in [0.05, 0.1) is 12.6 Å². The molecule has 0 aliphatic heterocycles. The van der Waals surface area contributed by atoms with Gasteiger partial charge in [-0.1, -0.05) is 67.6 Å². The molecular weight excluding hydrogens is 310 g/mol. The Hall–Kier alpha value is -2.33. The molecule has 0 amide bonds. The molecule has 3 N–H and O–H groups in total. The second-order valence-corrected chi connectivity index (χ2v) is 6.26. The highest BCUT2D eigenvalue weighted by Crippen LogP contribution is 2.12. The van der Waals surface area contributed by atoms with Gasteiger partial charge in [0.15, 0.2) is 5.96 Å². The van der Waals surface area contributed by atoms with Crippen molar-refractivity contribution in [3.8, 4) is 0 Å². The monoisotopic (exact) mass is 339 g/mol. The third-order valence-corrected chi connectivity index (χ3v) is 4.06. The van der Waals surface area contributed by atoms with E-state index in [2.05, 4.69) is 46.8 Å². The van der Waals surface area contributed by atoms with Crippen molar-refractivity contribution in [3.63, 3.8) is 0 Å². The normalized spacial score (nSPS) is 14.0. The fourth-order valence-corrected chi connectivity index (χ4v) is 2.64. The molecule has 4 heteroatoms. The van der Waals surface area contributed by atoms with Crippen LogP contribution in [-0.2, 0) is 6.42 Å². The Morgan fingerprint density at radius 3 is 2.28 bits per heavy atom. The first-order chi connectivity index (χ1) is 12.2. The predicted molar refractivity (Wildman–Crippen MR) is 105 cm³/mol. The second kappa shape index (κ2) is 10.5. The van der Waals surface area contributed by atoms with Crippen molar-refractivity contribution in [1.82, 2.24) is 10.6 Å². The molecule has 0 heterocycles. The zero-order valence-corrected chi connectivity index (χ0v) is 15.2. The average molecular weight is 339 g/mol. The minimum atomic E-state index is -0.482. The van der Waals surface area contributed by atoms with E-state index in [1.54, 1.807) is 0 Å². The van der Waals surface area contributed by atoms with E-state index < -0.39 is 6.10 Å². The number of nitrogens with zero attached hydrogens (tertiary/aromatic N) is 1. The molecule has 2 aromatic rings. The minimum Gasteiger partial charge on any atom is -0.391 e. The highest BCUT2D eigenvalue weighted by molar-refractivity contribution is 5.79. The Kier molecular flexibility index (Phi) is 7.99. The van der Waals surface area contributed by atoms with Gasteiger partial charge < -0.3 is 15.7 Å². The van der Waals surface area contributed by atoms with Gasteiger partial charge in [-0.2, -0.15) is 0 Å². The Balaban J connectivity index is 1.85. The van der Waals surface area contributed by atoms with E-state index >= 15 is 0 Å². The zero-order valence-electron chi connectivity index (χ0n) is 15.2. The maximum atomic E-state index is 10.2. The first kappa shape index (κ1) is 19.0. The van der Waals surface area contributed by atoms with Gasteiger partial charge in [-0.25, -0.2) is 0 Å². The van der Waals surface area contributed by atoms with E-state index in [1.807, 2.05) is 43.3 Å². The van der Waals surface area contributed by atoms with Crippen LogP contribution in [0.1, 0.15) is 30.9 Å². The molecule has 0 aliphatic carbocycles. The third-order valence-electron chi connectivity index (χ3n) is 4.06. The van der Waals surface area contributed by atoms with Crippen LogP contribution >= 0.6 is 0 Å². The molecule has 0 saturated carbocycles. The van der Waals surface area contributed by atoms with Crippen molar-refractivity contribution < 1.29 is 5.11 Å². The van der Waals surface area contributed by atoms with Crippen LogP contribution in [0.5, 0.6) is 0 Å². The molecule has 4 nitrogen and oxygen atoms in total. The van der Waals surface area contributed by atoms with Crippen LogP contribution < -0.4 is 10.6 Å². The summed E-state index contributed by atoms with van der Waals surface area (Å²) in [5.74, 6) is 1.14. The lowest BCUT2D eigenvalue weighted by Crippen LogP contribution is -2.39. The van der Waals surface area contributed by atoms with Gasteiger partial charge in [-0.3, -0.25) is 4.99 Å². The van der Waals surface area contributed by atoms with Gasteiger partial charge in [-0.15, -0.1) is 0 Å². The van der Waals surface area contributed by atoms with Gasteiger partial charge >= 0.3 is 0 Å². The molecule has 0 saturated heterocycles. The molecule has 2 aromatic carbocycles. The number of hydrogen-bond donors (Lipinski definition) is 3. The molecule has 0 bridgehead atoms. The molecule has 2 atom stereocenters. The Morgan fingerprint density at radius 2 is 1.64 bits per heavy atom. The quantitative estimate of drug-likeness (QED) is 0.512. The number of aliphatic hydroxyl groups excluding tert-OH is 1. The fourth-order valence-electron chi connectivity index (χ4n) is 2.64. The number of rotatable bonds is 8. The van der Waals surface area contributed by atoms with E-state index in [0.717, 1.165) is 24.6 Å². The predicted octanol–water partition coefficient (Wildman–Crippen LogP) is 2.95. The summed E-state index contributed by atoms with van der Waals surface area (Å²) >= 11 is 0. The van der Waals surface area contributed by atoms with Crippen molar-refractivity contribution in [3.05, 3.63) is 71.8 Å². The SMILES string of the molecule is CCNC(=NCC(O)Cc1ccccc1)NCC(C)c1ccccc1. The molecule has 25 heavy (non-hydrogen) atoms. The Bertz CT molecular complexity index is 628. The van der Waals surface area contributed by atoms with Crippen molar-refractivity contribution in [2.24, 2.45) is 4.99 Å². The van der Waals surface area contributed by atoms with Crippen LogP contribution in [0.3, 0.4) is 0 Å². The van der Waals surface area contributed by atoms with Gasteiger partial charge in [0.25, 0.3) is 0 Å². The summed E-state index contributed by atoms with van der Waals surface area (Å²) in [7, 11) is 0. The van der Waals surface area contributed by atoms with Crippen LogP contribution in [0.15, 0.2) is 65.7 Å². The highest BCUT2D eigenvalue weighted by atomic mass is 16.3. The van der Waals surface area contributed by atoms with E-state index in [1.165, 1.54) is 5.56 Å². The number of hydrogen-bond acceptors (Lipinski definition) is 2. The van der Waals surface area contributed by atoms with Gasteiger partial charge in [0.1, 0.15) is 0 Å². The number of guanidine groups is 1. The van der Waals surface area contributed by atoms with Gasteiger partial charge in [-0.05, 0) is 24.0 Å². The molecule has 2 rings (SSSR count). The first-order valence-electron chi connectivity index (χ1n) is 8.98. The van der Waals surface area contributed by atoms with Crippen molar-refractivity contribution in [1.29, 1.82) is 0 Å². The zero-order chi connectivity index (χ0) is 17.9. The molecule has 0 radical (unpaired) electrons. The van der Waals surface area contributed by atoms with Crippen LogP contribution in [0.2, 0.25) is 0 Å². The van der Waals surface area contributed by atoms with Crippen LogP contribution in [0, 0.1) is 0 Å². The minimum absolute atomic E-state index is 0.379. The maximum absolute atomic E-state index is 10.2.